The normalized spacial score (nSPS) is 11.7. The Bertz CT molecular complexity index is 1110. The van der Waals surface area contributed by atoms with Gasteiger partial charge in [0.15, 0.2) is 5.65 Å². The van der Waals surface area contributed by atoms with E-state index in [0.29, 0.717) is 12.4 Å². The molecule has 6 heteroatoms. The minimum absolute atomic E-state index is 0.237. The van der Waals surface area contributed by atoms with E-state index in [9.17, 15) is 0 Å². The molecule has 0 atom stereocenters. The van der Waals surface area contributed by atoms with Crippen molar-refractivity contribution < 1.29 is 4.74 Å². The third-order valence-electron chi connectivity index (χ3n) is 4.49. The molecule has 2 aromatic carbocycles. The van der Waals surface area contributed by atoms with E-state index in [-0.39, 0.29) is 5.54 Å². The summed E-state index contributed by atoms with van der Waals surface area (Å²) in [6.45, 7) is 6.76. The molecule has 0 spiro atoms. The predicted octanol–water partition coefficient (Wildman–Crippen LogP) is 4.41. The third-order valence-corrected chi connectivity index (χ3v) is 4.49. The van der Waals surface area contributed by atoms with Gasteiger partial charge in [0.1, 0.15) is 30.2 Å². The number of aromatic nitrogens is 4. The molecular formula is C22H23N5O. The number of rotatable bonds is 4. The van der Waals surface area contributed by atoms with Crippen LogP contribution in [0.5, 0.6) is 5.75 Å². The quantitative estimate of drug-likeness (QED) is 0.573. The van der Waals surface area contributed by atoms with E-state index in [1.54, 1.807) is 0 Å². The zero-order valence-corrected chi connectivity index (χ0v) is 16.3. The Hall–Kier alpha value is -3.41. The SMILES string of the molecule is CC(C)(C)n1nc(-c2cccc(OCc3ccccc3)c2)c2c(N)ncnc21. The van der Waals surface area contributed by atoms with Crippen LogP contribution in [0.25, 0.3) is 22.3 Å². The Kier molecular flexibility index (Phi) is 4.47. The molecule has 4 rings (SSSR count). The van der Waals surface area contributed by atoms with E-state index in [0.717, 1.165) is 33.6 Å². The first-order chi connectivity index (χ1) is 13.4. The maximum Gasteiger partial charge on any atom is 0.164 e. The number of hydrogen-bond acceptors (Lipinski definition) is 5. The van der Waals surface area contributed by atoms with Crippen LogP contribution in [0.15, 0.2) is 60.9 Å². The van der Waals surface area contributed by atoms with Gasteiger partial charge in [-0.3, -0.25) is 0 Å². The lowest BCUT2D eigenvalue weighted by Crippen LogP contribution is -2.23. The molecule has 0 fully saturated rings. The van der Waals surface area contributed by atoms with Crippen LogP contribution < -0.4 is 10.5 Å². The van der Waals surface area contributed by atoms with Crippen LogP contribution in [0.3, 0.4) is 0 Å². The first-order valence-corrected chi connectivity index (χ1v) is 9.20. The second kappa shape index (κ2) is 6.96. The molecule has 6 nitrogen and oxygen atoms in total. The molecular weight excluding hydrogens is 350 g/mol. The second-order valence-electron chi connectivity index (χ2n) is 7.69. The smallest absolute Gasteiger partial charge is 0.164 e. The number of ether oxygens (including phenoxy) is 1. The van der Waals surface area contributed by atoms with Crippen LogP contribution in [-0.2, 0) is 12.1 Å². The molecule has 0 saturated heterocycles. The zero-order chi connectivity index (χ0) is 19.7. The van der Waals surface area contributed by atoms with Crippen molar-refractivity contribution in [3.63, 3.8) is 0 Å². The van der Waals surface area contributed by atoms with Gasteiger partial charge in [-0.25, -0.2) is 14.6 Å². The molecule has 0 aliphatic carbocycles. The Balaban J connectivity index is 1.74. The number of hydrogen-bond donors (Lipinski definition) is 1. The summed E-state index contributed by atoms with van der Waals surface area (Å²) in [5.74, 6) is 1.20. The fourth-order valence-electron chi connectivity index (χ4n) is 3.12. The van der Waals surface area contributed by atoms with E-state index >= 15 is 0 Å². The largest absolute Gasteiger partial charge is 0.489 e. The van der Waals surface area contributed by atoms with E-state index in [2.05, 4.69) is 30.7 Å². The van der Waals surface area contributed by atoms with Gasteiger partial charge in [0.2, 0.25) is 0 Å². The Morgan fingerprint density at radius 2 is 1.79 bits per heavy atom. The molecule has 142 valence electrons. The van der Waals surface area contributed by atoms with Gasteiger partial charge in [0, 0.05) is 5.56 Å². The lowest BCUT2D eigenvalue weighted by molar-refractivity contribution is 0.306. The van der Waals surface area contributed by atoms with Crippen molar-refractivity contribution in [3.05, 3.63) is 66.5 Å². The number of fused-ring (bicyclic) bond motifs is 1. The molecule has 0 aliphatic rings. The lowest BCUT2D eigenvalue weighted by atomic mass is 10.1. The van der Waals surface area contributed by atoms with Gasteiger partial charge in [-0.1, -0.05) is 42.5 Å². The molecule has 0 unspecified atom stereocenters. The Morgan fingerprint density at radius 1 is 1.00 bits per heavy atom. The van der Waals surface area contributed by atoms with Crippen molar-refractivity contribution in [1.29, 1.82) is 0 Å². The molecule has 0 saturated carbocycles. The number of nitrogen functional groups attached to an aromatic ring is 1. The van der Waals surface area contributed by atoms with E-state index in [1.807, 2.05) is 59.3 Å². The number of anilines is 1. The molecule has 2 N–H and O–H groups in total. The predicted molar refractivity (Wildman–Crippen MR) is 111 cm³/mol. The number of nitrogens with two attached hydrogens (primary N) is 1. The van der Waals surface area contributed by atoms with Gasteiger partial charge in [0.05, 0.1) is 10.9 Å². The maximum absolute atomic E-state index is 6.19. The van der Waals surface area contributed by atoms with Gasteiger partial charge in [-0.2, -0.15) is 5.10 Å². The van der Waals surface area contributed by atoms with Crippen LogP contribution in [0, 0.1) is 0 Å². The summed E-state index contributed by atoms with van der Waals surface area (Å²) in [5.41, 5.74) is 9.47. The van der Waals surface area contributed by atoms with Crippen LogP contribution in [-0.4, -0.2) is 19.7 Å². The van der Waals surface area contributed by atoms with Crippen LogP contribution in [0.4, 0.5) is 5.82 Å². The van der Waals surface area contributed by atoms with E-state index in [4.69, 9.17) is 15.6 Å². The summed E-state index contributed by atoms with van der Waals surface area (Å²) < 4.78 is 7.87. The average molecular weight is 373 g/mol. The first-order valence-electron chi connectivity index (χ1n) is 9.20. The molecule has 0 amide bonds. The van der Waals surface area contributed by atoms with Crippen molar-refractivity contribution in [2.45, 2.75) is 32.9 Å². The molecule has 0 aliphatic heterocycles. The Morgan fingerprint density at radius 3 is 2.54 bits per heavy atom. The van der Waals surface area contributed by atoms with Gasteiger partial charge in [0.25, 0.3) is 0 Å². The highest BCUT2D eigenvalue weighted by Gasteiger charge is 2.24. The summed E-state index contributed by atoms with van der Waals surface area (Å²) in [4.78, 5) is 8.60. The molecule has 2 heterocycles. The number of benzene rings is 2. The summed E-state index contributed by atoms with van der Waals surface area (Å²) in [6.07, 6.45) is 1.48. The molecule has 2 aromatic heterocycles. The molecule has 4 aromatic rings. The minimum atomic E-state index is -0.237. The highest BCUT2D eigenvalue weighted by Crippen LogP contribution is 2.34. The van der Waals surface area contributed by atoms with Crippen molar-refractivity contribution in [2.75, 3.05) is 5.73 Å². The van der Waals surface area contributed by atoms with E-state index in [1.165, 1.54) is 6.33 Å². The molecule has 0 radical (unpaired) electrons. The maximum atomic E-state index is 6.19. The minimum Gasteiger partial charge on any atom is -0.489 e. The third kappa shape index (κ3) is 3.41. The summed E-state index contributed by atoms with van der Waals surface area (Å²) >= 11 is 0. The summed E-state index contributed by atoms with van der Waals surface area (Å²) in [6, 6.07) is 18.0. The molecule has 0 bridgehead atoms. The van der Waals surface area contributed by atoms with Gasteiger partial charge in [-0.05, 0) is 38.5 Å². The Labute approximate surface area is 164 Å². The first kappa shape index (κ1) is 18.0. The van der Waals surface area contributed by atoms with Crippen molar-refractivity contribution in [3.8, 4) is 17.0 Å². The van der Waals surface area contributed by atoms with Gasteiger partial charge < -0.3 is 10.5 Å². The van der Waals surface area contributed by atoms with E-state index < -0.39 is 0 Å². The van der Waals surface area contributed by atoms with Crippen LogP contribution >= 0.6 is 0 Å². The average Bonchev–Trinajstić information content (AvgIpc) is 3.09. The fraction of sp³-hybridized carbons (Fsp3) is 0.227. The topological polar surface area (TPSA) is 78.9 Å². The second-order valence-corrected chi connectivity index (χ2v) is 7.69. The summed E-state index contributed by atoms with van der Waals surface area (Å²) in [7, 11) is 0. The number of nitrogens with zero attached hydrogens (tertiary/aromatic N) is 4. The zero-order valence-electron chi connectivity index (χ0n) is 16.3. The summed E-state index contributed by atoms with van der Waals surface area (Å²) in [5, 5.41) is 5.59. The monoisotopic (exact) mass is 373 g/mol. The highest BCUT2D eigenvalue weighted by molar-refractivity contribution is 5.98. The van der Waals surface area contributed by atoms with Crippen molar-refractivity contribution >= 4 is 16.9 Å². The van der Waals surface area contributed by atoms with Gasteiger partial charge >= 0.3 is 0 Å². The highest BCUT2D eigenvalue weighted by atomic mass is 16.5. The van der Waals surface area contributed by atoms with Crippen molar-refractivity contribution in [1.82, 2.24) is 19.7 Å². The van der Waals surface area contributed by atoms with Crippen LogP contribution in [0.1, 0.15) is 26.3 Å². The standard InChI is InChI=1S/C22H23N5O/c1-22(2,3)27-21-18(20(23)24-14-25-21)19(26-27)16-10-7-11-17(12-16)28-13-15-8-5-4-6-9-15/h4-12,14H,13H2,1-3H3,(H2,23,24,25). The van der Waals surface area contributed by atoms with Gasteiger partial charge in [-0.15, -0.1) is 0 Å². The van der Waals surface area contributed by atoms with Crippen LogP contribution in [0.2, 0.25) is 0 Å². The fourth-order valence-corrected chi connectivity index (χ4v) is 3.12. The lowest BCUT2D eigenvalue weighted by Gasteiger charge is -2.19. The van der Waals surface area contributed by atoms with Crippen molar-refractivity contribution in [2.24, 2.45) is 0 Å². The molecule has 28 heavy (non-hydrogen) atoms.